The maximum absolute atomic E-state index is 12.8. The number of fused-ring (bicyclic) bond motifs is 1. The van der Waals surface area contributed by atoms with Crippen LogP contribution < -0.4 is 16.6 Å². The molecule has 5 heterocycles. The molecule has 1 aliphatic heterocycles. The second kappa shape index (κ2) is 8.10. The lowest BCUT2D eigenvalue weighted by Crippen LogP contribution is -2.43. The van der Waals surface area contributed by atoms with E-state index >= 15 is 0 Å². The van der Waals surface area contributed by atoms with Crippen molar-refractivity contribution in [3.8, 4) is 11.4 Å². The molecule has 1 fully saturated rings. The molecule has 0 radical (unpaired) electrons. The van der Waals surface area contributed by atoms with E-state index < -0.39 is 5.56 Å². The monoisotopic (exact) mass is 432 g/mol. The van der Waals surface area contributed by atoms with Crippen LogP contribution in [0, 0.1) is 0 Å². The normalized spacial score (nSPS) is 14.6. The van der Waals surface area contributed by atoms with Crippen molar-refractivity contribution < 1.29 is 4.79 Å². The molecule has 4 aromatic rings. The summed E-state index contributed by atoms with van der Waals surface area (Å²) in [5.41, 5.74) is 1.41. The summed E-state index contributed by atoms with van der Waals surface area (Å²) in [7, 11) is 0. The summed E-state index contributed by atoms with van der Waals surface area (Å²) >= 11 is 0. The number of likely N-dealkylation sites (tertiary alicyclic amines) is 1. The van der Waals surface area contributed by atoms with E-state index in [1.54, 1.807) is 46.3 Å². The van der Waals surface area contributed by atoms with Crippen molar-refractivity contribution in [2.24, 2.45) is 0 Å². The maximum atomic E-state index is 12.8. The number of imidazole rings is 1. The van der Waals surface area contributed by atoms with Crippen molar-refractivity contribution in [3.63, 3.8) is 0 Å². The summed E-state index contributed by atoms with van der Waals surface area (Å²) in [6, 6.07) is 6.50. The van der Waals surface area contributed by atoms with Crippen molar-refractivity contribution in [1.82, 2.24) is 34.4 Å². The Bertz CT molecular complexity index is 1380. The molecule has 5 rings (SSSR count). The molecule has 3 N–H and O–H groups in total. The van der Waals surface area contributed by atoms with Gasteiger partial charge in [-0.05, 0) is 37.1 Å². The molecule has 11 nitrogen and oxygen atoms in total. The molecule has 0 saturated carbocycles. The van der Waals surface area contributed by atoms with Gasteiger partial charge in [-0.3, -0.25) is 14.3 Å². The van der Waals surface area contributed by atoms with Gasteiger partial charge in [-0.25, -0.2) is 24.5 Å². The first-order chi connectivity index (χ1) is 15.6. The van der Waals surface area contributed by atoms with E-state index in [4.69, 9.17) is 0 Å². The Hall–Kier alpha value is -4.28. The first kappa shape index (κ1) is 19.7. The number of aromatic amines is 2. The summed E-state index contributed by atoms with van der Waals surface area (Å²) in [6.07, 6.45) is 7.57. The first-order valence-corrected chi connectivity index (χ1v) is 10.2. The third-order valence-corrected chi connectivity index (χ3v) is 5.58. The van der Waals surface area contributed by atoms with Gasteiger partial charge in [0.15, 0.2) is 11.5 Å². The third-order valence-electron chi connectivity index (χ3n) is 5.58. The van der Waals surface area contributed by atoms with Crippen LogP contribution in [0.2, 0.25) is 0 Å². The maximum Gasteiger partial charge on any atom is 0.327 e. The first-order valence-electron chi connectivity index (χ1n) is 10.2. The fraction of sp³-hybridized carbons (Fsp3) is 0.238. The second-order valence-electron chi connectivity index (χ2n) is 7.52. The molecule has 11 heteroatoms. The number of hydrogen-bond acceptors (Lipinski definition) is 6. The highest BCUT2D eigenvalue weighted by molar-refractivity contribution is 5.89. The molecule has 0 aliphatic carbocycles. The van der Waals surface area contributed by atoms with E-state index in [9.17, 15) is 14.4 Å². The van der Waals surface area contributed by atoms with Gasteiger partial charge in [-0.15, -0.1) is 0 Å². The molecular formula is C21H20N8O3. The zero-order chi connectivity index (χ0) is 22.1. The molecule has 0 aromatic carbocycles. The lowest BCUT2D eigenvalue weighted by atomic mass is 10.0. The fourth-order valence-electron chi connectivity index (χ4n) is 4.00. The number of hydrogen-bond donors (Lipinski definition) is 3. The predicted molar refractivity (Wildman–Crippen MR) is 117 cm³/mol. The predicted octanol–water partition coefficient (Wildman–Crippen LogP) is 1.74. The largest absolute Gasteiger partial charge is 0.327 e. The SMILES string of the molecule is O=C(Nc1cc(-c2ncccn2)c[nH]c1=O)N1CCC(n2c(=O)[nH]c3ncccc32)CC1. The van der Waals surface area contributed by atoms with Gasteiger partial charge in [-0.1, -0.05) is 0 Å². The standard InChI is InChI=1S/C21H20N8O3/c30-19-15(11-13(12-25-19)17-22-7-2-8-23-17)26-20(31)28-9-4-14(5-10-28)29-16-3-1-6-24-18(16)27-21(29)32/h1-3,6-8,11-12,14H,4-5,9-10H2,(H,25,30)(H,26,31)(H,24,27,32). The molecule has 2 amide bonds. The second-order valence-corrected chi connectivity index (χ2v) is 7.52. The Balaban J connectivity index is 1.29. The zero-order valence-corrected chi connectivity index (χ0v) is 17.0. The summed E-state index contributed by atoms with van der Waals surface area (Å²) in [6.45, 7) is 0.907. The summed E-state index contributed by atoms with van der Waals surface area (Å²) in [4.78, 5) is 56.9. The van der Waals surface area contributed by atoms with E-state index in [1.165, 1.54) is 6.20 Å². The molecule has 162 valence electrons. The molecule has 0 bridgehead atoms. The van der Waals surface area contributed by atoms with Gasteiger partial charge in [0.1, 0.15) is 5.69 Å². The van der Waals surface area contributed by atoms with Gasteiger partial charge in [0.25, 0.3) is 5.56 Å². The van der Waals surface area contributed by atoms with Crippen molar-refractivity contribution in [3.05, 3.63) is 69.9 Å². The van der Waals surface area contributed by atoms with Gasteiger partial charge >= 0.3 is 11.7 Å². The highest BCUT2D eigenvalue weighted by atomic mass is 16.2. The van der Waals surface area contributed by atoms with Gasteiger partial charge in [0.05, 0.1) is 5.52 Å². The minimum absolute atomic E-state index is 0.0357. The van der Waals surface area contributed by atoms with E-state index in [2.05, 4.69) is 30.2 Å². The van der Waals surface area contributed by atoms with Crippen molar-refractivity contribution in [2.45, 2.75) is 18.9 Å². The molecule has 1 aliphatic rings. The quantitative estimate of drug-likeness (QED) is 0.450. The summed E-state index contributed by atoms with van der Waals surface area (Å²) in [5, 5.41) is 2.68. The highest BCUT2D eigenvalue weighted by Gasteiger charge is 2.26. The number of anilines is 1. The summed E-state index contributed by atoms with van der Waals surface area (Å²) in [5.74, 6) is 0.443. The van der Waals surface area contributed by atoms with E-state index in [-0.39, 0.29) is 23.5 Å². The van der Waals surface area contributed by atoms with Crippen LogP contribution in [0.15, 0.2) is 58.6 Å². The Morgan fingerprint density at radius 1 is 1.06 bits per heavy atom. The van der Waals surface area contributed by atoms with Crippen LogP contribution in [-0.4, -0.2) is 53.5 Å². The Labute approximate surface area is 181 Å². The van der Waals surface area contributed by atoms with Crippen LogP contribution in [0.3, 0.4) is 0 Å². The molecule has 0 spiro atoms. The number of carbonyl (C=O) groups excluding carboxylic acids is 1. The van der Waals surface area contributed by atoms with Gasteiger partial charge in [0.2, 0.25) is 0 Å². The molecule has 0 atom stereocenters. The van der Waals surface area contributed by atoms with Crippen LogP contribution in [0.1, 0.15) is 18.9 Å². The van der Waals surface area contributed by atoms with Crippen LogP contribution >= 0.6 is 0 Å². The minimum atomic E-state index is -0.411. The molecule has 0 unspecified atom stereocenters. The van der Waals surface area contributed by atoms with Crippen molar-refractivity contribution in [2.75, 3.05) is 18.4 Å². The van der Waals surface area contributed by atoms with Gasteiger partial charge < -0.3 is 15.2 Å². The molecule has 4 aromatic heterocycles. The van der Waals surface area contributed by atoms with Gasteiger partial charge in [0, 0.05) is 49.5 Å². The number of carbonyl (C=O) groups is 1. The van der Waals surface area contributed by atoms with E-state index in [0.717, 1.165) is 5.52 Å². The van der Waals surface area contributed by atoms with Crippen molar-refractivity contribution >= 4 is 22.9 Å². The average Bonchev–Trinajstić information content (AvgIpc) is 3.16. The number of urea groups is 1. The van der Waals surface area contributed by atoms with Crippen LogP contribution in [0.4, 0.5) is 10.5 Å². The average molecular weight is 432 g/mol. The highest BCUT2D eigenvalue weighted by Crippen LogP contribution is 2.24. The fourth-order valence-corrected chi connectivity index (χ4v) is 4.00. The van der Waals surface area contributed by atoms with Crippen LogP contribution in [-0.2, 0) is 0 Å². The van der Waals surface area contributed by atoms with Crippen LogP contribution in [0.25, 0.3) is 22.6 Å². The van der Waals surface area contributed by atoms with Gasteiger partial charge in [-0.2, -0.15) is 0 Å². The lowest BCUT2D eigenvalue weighted by Gasteiger charge is -2.32. The number of nitrogens with one attached hydrogen (secondary N) is 3. The number of pyridine rings is 2. The Morgan fingerprint density at radius 3 is 2.59 bits per heavy atom. The molecular weight excluding hydrogens is 412 g/mol. The number of rotatable bonds is 3. The van der Waals surface area contributed by atoms with E-state index in [1.807, 2.05) is 6.07 Å². The minimum Gasteiger partial charge on any atom is -0.327 e. The number of H-pyrrole nitrogens is 2. The van der Waals surface area contributed by atoms with Crippen molar-refractivity contribution in [1.29, 1.82) is 0 Å². The summed E-state index contributed by atoms with van der Waals surface area (Å²) < 4.78 is 1.71. The zero-order valence-electron chi connectivity index (χ0n) is 17.0. The number of nitrogens with zero attached hydrogens (tertiary/aromatic N) is 5. The topological polar surface area (TPSA) is 142 Å². The van der Waals surface area contributed by atoms with Crippen LogP contribution in [0.5, 0.6) is 0 Å². The third kappa shape index (κ3) is 3.64. The molecule has 32 heavy (non-hydrogen) atoms. The number of piperidine rings is 1. The lowest BCUT2D eigenvalue weighted by molar-refractivity contribution is 0.184. The number of amides is 2. The Kier molecular flexibility index (Phi) is 4.98. The molecule has 1 saturated heterocycles. The van der Waals surface area contributed by atoms with E-state index in [0.29, 0.717) is 43.0 Å². The Morgan fingerprint density at radius 2 is 1.81 bits per heavy atom. The number of aromatic nitrogens is 6. The smallest absolute Gasteiger partial charge is 0.327 e.